The number of benzene rings is 1. The van der Waals surface area contributed by atoms with E-state index in [-0.39, 0.29) is 0 Å². The molecular weight excluding hydrogens is 359 g/mol. The van der Waals surface area contributed by atoms with Crippen LogP contribution < -0.4 is 9.47 Å². The van der Waals surface area contributed by atoms with E-state index in [0.717, 1.165) is 14.9 Å². The van der Waals surface area contributed by atoms with E-state index in [0.29, 0.717) is 12.4 Å². The van der Waals surface area contributed by atoms with Gasteiger partial charge in [-0.05, 0) is 47.2 Å². The normalized spacial score (nSPS) is 10.9. The average molecular weight is 372 g/mol. The summed E-state index contributed by atoms with van der Waals surface area (Å²) in [5.41, 5.74) is 0.915. The molecule has 0 radical (unpaired) electrons. The first-order chi connectivity index (χ1) is 9.24. The van der Waals surface area contributed by atoms with E-state index < -0.39 is 0 Å². The molecule has 19 heavy (non-hydrogen) atoms. The third kappa shape index (κ3) is 3.43. The summed E-state index contributed by atoms with van der Waals surface area (Å²) in [5.74, 6) is 1.45. The van der Waals surface area contributed by atoms with Crippen LogP contribution >= 0.6 is 22.6 Å². The van der Waals surface area contributed by atoms with Crippen molar-refractivity contribution in [1.82, 2.24) is 14.9 Å². The predicted molar refractivity (Wildman–Crippen MR) is 79.9 cm³/mol. The van der Waals surface area contributed by atoms with E-state index in [1.807, 2.05) is 19.1 Å². The van der Waals surface area contributed by atoms with Crippen LogP contribution in [0.15, 0.2) is 29.9 Å². The van der Waals surface area contributed by atoms with Crippen LogP contribution in [0.1, 0.15) is 12.5 Å². The number of aromatic nitrogens is 3. The third-order valence-electron chi connectivity index (χ3n) is 2.29. The van der Waals surface area contributed by atoms with Gasteiger partial charge in [-0.25, -0.2) is 4.68 Å². The Morgan fingerprint density at radius 3 is 2.74 bits per heavy atom. The molecule has 0 bridgehead atoms. The Morgan fingerprint density at radius 1 is 1.37 bits per heavy atom. The second-order valence-electron chi connectivity index (χ2n) is 3.55. The maximum atomic E-state index is 5.56. The lowest BCUT2D eigenvalue weighted by Crippen LogP contribution is -1.99. The van der Waals surface area contributed by atoms with Crippen LogP contribution in [0.5, 0.6) is 11.5 Å². The first kappa shape index (κ1) is 13.8. The number of halogens is 1. The number of methoxy groups -OCH3 is 1. The molecule has 0 saturated heterocycles. The molecule has 0 spiro atoms. The molecule has 0 unspecified atom stereocenters. The van der Waals surface area contributed by atoms with Crippen molar-refractivity contribution < 1.29 is 9.47 Å². The zero-order chi connectivity index (χ0) is 13.7. The number of ether oxygens (including phenoxy) is 2. The first-order valence-corrected chi connectivity index (χ1v) is 6.71. The smallest absolute Gasteiger partial charge is 0.174 e. The Kier molecular flexibility index (Phi) is 4.72. The second kappa shape index (κ2) is 6.50. The molecule has 0 aliphatic carbocycles. The molecule has 0 aliphatic rings. The molecule has 1 aromatic heterocycles. The van der Waals surface area contributed by atoms with Crippen molar-refractivity contribution in [3.05, 3.63) is 33.9 Å². The average Bonchev–Trinajstić information content (AvgIpc) is 2.92. The van der Waals surface area contributed by atoms with Crippen molar-refractivity contribution in [2.45, 2.75) is 6.92 Å². The van der Waals surface area contributed by atoms with Gasteiger partial charge < -0.3 is 9.47 Å². The quantitative estimate of drug-likeness (QED) is 0.596. The van der Waals surface area contributed by atoms with Crippen LogP contribution in [0.3, 0.4) is 0 Å². The van der Waals surface area contributed by atoms with Crippen LogP contribution in [0.25, 0.3) is 0 Å². The molecule has 0 saturated carbocycles. The van der Waals surface area contributed by atoms with Gasteiger partial charge in [0.05, 0.1) is 23.5 Å². The zero-order valence-electron chi connectivity index (χ0n) is 10.6. The molecule has 0 amide bonds. The van der Waals surface area contributed by atoms with Gasteiger partial charge >= 0.3 is 0 Å². The lowest BCUT2D eigenvalue weighted by Gasteiger charge is -2.11. The molecule has 0 aliphatic heterocycles. The van der Waals surface area contributed by atoms with E-state index in [1.54, 1.807) is 13.3 Å². The number of hydrogen-bond acceptors (Lipinski definition) is 5. The number of nitrogens with zero attached hydrogens (tertiary/aromatic N) is 4. The molecule has 0 atom stereocenters. The Labute approximate surface area is 124 Å². The van der Waals surface area contributed by atoms with E-state index in [9.17, 15) is 0 Å². The minimum Gasteiger partial charge on any atom is -0.493 e. The zero-order valence-corrected chi connectivity index (χ0v) is 12.7. The van der Waals surface area contributed by atoms with Crippen molar-refractivity contribution in [2.24, 2.45) is 5.10 Å². The van der Waals surface area contributed by atoms with Gasteiger partial charge in [0, 0.05) is 0 Å². The largest absolute Gasteiger partial charge is 0.493 e. The highest BCUT2D eigenvalue weighted by atomic mass is 127. The van der Waals surface area contributed by atoms with Crippen LogP contribution in [-0.2, 0) is 0 Å². The van der Waals surface area contributed by atoms with Crippen LogP contribution in [0.4, 0.5) is 0 Å². The van der Waals surface area contributed by atoms with Gasteiger partial charge in [0.1, 0.15) is 12.7 Å². The molecule has 6 nitrogen and oxygen atoms in total. The predicted octanol–water partition coefficient (Wildman–Crippen LogP) is 2.17. The van der Waals surface area contributed by atoms with E-state index in [4.69, 9.17) is 9.47 Å². The molecule has 1 aromatic carbocycles. The second-order valence-corrected chi connectivity index (χ2v) is 4.72. The van der Waals surface area contributed by atoms with E-state index in [1.165, 1.54) is 17.3 Å². The maximum Gasteiger partial charge on any atom is 0.174 e. The minimum absolute atomic E-state index is 0.598. The molecule has 0 fully saturated rings. The highest BCUT2D eigenvalue weighted by Gasteiger charge is 2.10. The fourth-order valence-corrected chi connectivity index (χ4v) is 2.27. The highest BCUT2D eigenvalue weighted by molar-refractivity contribution is 14.1. The standard InChI is InChI=1S/C12H13IN4O2/c1-3-19-12-10(13)4-9(5-11(12)18-2)6-16-17-7-14-15-8-17/h4-8H,3H2,1-2H3/b16-6+. The minimum atomic E-state index is 0.598. The van der Waals surface area contributed by atoms with Crippen LogP contribution in [0.2, 0.25) is 0 Å². The van der Waals surface area contributed by atoms with Gasteiger partial charge in [-0.3, -0.25) is 0 Å². The Balaban J connectivity index is 2.30. The number of hydrogen-bond donors (Lipinski definition) is 0. The molecule has 2 rings (SSSR count). The molecular formula is C12H13IN4O2. The third-order valence-corrected chi connectivity index (χ3v) is 3.09. The van der Waals surface area contributed by atoms with E-state index in [2.05, 4.69) is 37.9 Å². The summed E-state index contributed by atoms with van der Waals surface area (Å²) in [6.07, 6.45) is 4.75. The van der Waals surface area contributed by atoms with Gasteiger partial charge in [-0.2, -0.15) is 5.10 Å². The van der Waals surface area contributed by atoms with Crippen molar-refractivity contribution in [3.63, 3.8) is 0 Å². The van der Waals surface area contributed by atoms with Gasteiger partial charge in [0.2, 0.25) is 0 Å². The van der Waals surface area contributed by atoms with E-state index >= 15 is 0 Å². The summed E-state index contributed by atoms with van der Waals surface area (Å²) >= 11 is 2.21. The van der Waals surface area contributed by atoms with Gasteiger partial charge in [-0.15, -0.1) is 10.2 Å². The molecule has 100 valence electrons. The summed E-state index contributed by atoms with van der Waals surface area (Å²) in [6.45, 7) is 2.54. The lowest BCUT2D eigenvalue weighted by molar-refractivity contribution is 0.308. The van der Waals surface area contributed by atoms with Crippen molar-refractivity contribution >= 4 is 28.8 Å². The summed E-state index contributed by atoms with van der Waals surface area (Å²) in [4.78, 5) is 0. The summed E-state index contributed by atoms with van der Waals surface area (Å²) in [6, 6.07) is 3.85. The monoisotopic (exact) mass is 372 g/mol. The highest BCUT2D eigenvalue weighted by Crippen LogP contribution is 2.33. The number of rotatable bonds is 5. The van der Waals surface area contributed by atoms with Crippen molar-refractivity contribution in [3.8, 4) is 11.5 Å². The molecule has 2 aromatic rings. The molecule has 7 heteroatoms. The van der Waals surface area contributed by atoms with Gasteiger partial charge in [-0.1, -0.05) is 0 Å². The summed E-state index contributed by atoms with van der Waals surface area (Å²) < 4.78 is 13.4. The fraction of sp³-hybridized carbons (Fsp3) is 0.250. The van der Waals surface area contributed by atoms with Gasteiger partial charge in [0.25, 0.3) is 0 Å². The van der Waals surface area contributed by atoms with Crippen LogP contribution in [0, 0.1) is 3.57 Å². The fourth-order valence-electron chi connectivity index (χ4n) is 1.49. The van der Waals surface area contributed by atoms with Crippen LogP contribution in [-0.4, -0.2) is 34.8 Å². The Bertz CT molecular complexity index is 569. The maximum absolute atomic E-state index is 5.56. The summed E-state index contributed by atoms with van der Waals surface area (Å²) in [5, 5.41) is 11.6. The molecule has 0 N–H and O–H groups in total. The van der Waals surface area contributed by atoms with Crippen molar-refractivity contribution in [2.75, 3.05) is 13.7 Å². The SMILES string of the molecule is CCOc1c(I)cc(/C=N/n2cnnc2)cc1OC. The molecule has 1 heterocycles. The first-order valence-electron chi connectivity index (χ1n) is 5.64. The lowest BCUT2D eigenvalue weighted by atomic mass is 10.2. The topological polar surface area (TPSA) is 61.5 Å². The summed E-state index contributed by atoms with van der Waals surface area (Å²) in [7, 11) is 1.62. The van der Waals surface area contributed by atoms with Crippen molar-refractivity contribution in [1.29, 1.82) is 0 Å². The Morgan fingerprint density at radius 2 is 2.11 bits per heavy atom. The van der Waals surface area contributed by atoms with Gasteiger partial charge in [0.15, 0.2) is 11.5 Å². The Hall–Kier alpha value is -1.64.